The second kappa shape index (κ2) is 8.61. The van der Waals surface area contributed by atoms with E-state index in [1.165, 1.54) is 5.56 Å². The number of hydrogen-bond acceptors (Lipinski definition) is 5. The van der Waals surface area contributed by atoms with Gasteiger partial charge in [-0.1, -0.05) is 12.1 Å². The van der Waals surface area contributed by atoms with E-state index < -0.39 is 0 Å². The second-order valence-corrected chi connectivity index (χ2v) is 8.23. The molecule has 3 rings (SSSR count). The molecule has 0 unspecified atom stereocenters. The molecule has 1 aliphatic heterocycles. The Balaban J connectivity index is 1.40. The average molecular weight is 389 g/mol. The van der Waals surface area contributed by atoms with Crippen molar-refractivity contribution in [3.05, 3.63) is 39.8 Å². The van der Waals surface area contributed by atoms with Crippen molar-refractivity contribution >= 4 is 17.3 Å². The number of rotatable bonds is 7. The Morgan fingerprint density at radius 2 is 2.15 bits per heavy atom. The second-order valence-electron chi connectivity index (χ2n) is 7.17. The number of para-hydroxylation sites is 1. The molecular formula is C20H28N4O2S. The number of fused-ring (bicyclic) bond motifs is 1. The van der Waals surface area contributed by atoms with Crippen LogP contribution in [0.5, 0.6) is 11.5 Å². The molecule has 0 fully saturated rings. The Bertz CT molecular complexity index is 801. The number of aromatic nitrogens is 1. The van der Waals surface area contributed by atoms with E-state index >= 15 is 0 Å². The van der Waals surface area contributed by atoms with E-state index in [1.807, 2.05) is 19.1 Å². The van der Waals surface area contributed by atoms with E-state index in [2.05, 4.69) is 45.9 Å². The third-order valence-electron chi connectivity index (χ3n) is 4.27. The highest BCUT2D eigenvalue weighted by Crippen LogP contribution is 2.41. The summed E-state index contributed by atoms with van der Waals surface area (Å²) < 4.78 is 12.0. The Hall–Kier alpha value is -2.28. The van der Waals surface area contributed by atoms with Crippen molar-refractivity contribution in [1.82, 2.24) is 15.6 Å². The number of nitrogens with one attached hydrogen (secondary N) is 2. The Kier molecular flexibility index (Phi) is 6.21. The first-order chi connectivity index (χ1) is 13.0. The van der Waals surface area contributed by atoms with Crippen LogP contribution in [0.3, 0.4) is 0 Å². The SMILES string of the molecule is CN=C(NCCOc1cccc2c1OC(C)(C)C2)NCCc1csc(C)n1. The summed E-state index contributed by atoms with van der Waals surface area (Å²) in [5.41, 5.74) is 2.16. The molecule has 0 saturated carbocycles. The molecule has 0 bridgehead atoms. The largest absolute Gasteiger partial charge is 0.488 e. The Morgan fingerprint density at radius 1 is 1.33 bits per heavy atom. The quantitative estimate of drug-likeness (QED) is 0.434. The van der Waals surface area contributed by atoms with Gasteiger partial charge in [0, 0.05) is 37.4 Å². The summed E-state index contributed by atoms with van der Waals surface area (Å²) in [7, 11) is 1.77. The van der Waals surface area contributed by atoms with Crippen LogP contribution < -0.4 is 20.1 Å². The third-order valence-corrected chi connectivity index (χ3v) is 5.09. The van der Waals surface area contributed by atoms with Crippen LogP contribution in [0.15, 0.2) is 28.6 Å². The van der Waals surface area contributed by atoms with Gasteiger partial charge in [-0.3, -0.25) is 4.99 Å². The van der Waals surface area contributed by atoms with Crippen LogP contribution in [-0.4, -0.2) is 43.3 Å². The molecule has 2 aromatic rings. The fourth-order valence-electron chi connectivity index (χ4n) is 3.08. The zero-order valence-electron chi connectivity index (χ0n) is 16.5. The molecule has 7 heteroatoms. The van der Waals surface area contributed by atoms with E-state index in [-0.39, 0.29) is 5.60 Å². The van der Waals surface area contributed by atoms with Crippen molar-refractivity contribution in [3.8, 4) is 11.5 Å². The minimum Gasteiger partial charge on any atom is -0.488 e. The molecule has 0 aliphatic carbocycles. The first-order valence-corrected chi connectivity index (χ1v) is 10.1. The smallest absolute Gasteiger partial charge is 0.191 e. The topological polar surface area (TPSA) is 67.8 Å². The Morgan fingerprint density at radius 3 is 2.89 bits per heavy atom. The van der Waals surface area contributed by atoms with Crippen LogP contribution >= 0.6 is 11.3 Å². The molecule has 146 valence electrons. The lowest BCUT2D eigenvalue weighted by Crippen LogP contribution is -2.40. The minimum atomic E-state index is -0.165. The molecule has 0 saturated heterocycles. The van der Waals surface area contributed by atoms with Crippen molar-refractivity contribution < 1.29 is 9.47 Å². The van der Waals surface area contributed by atoms with E-state index in [1.54, 1.807) is 18.4 Å². The first-order valence-electron chi connectivity index (χ1n) is 9.26. The number of nitrogens with zero attached hydrogens (tertiary/aromatic N) is 2. The van der Waals surface area contributed by atoms with Gasteiger partial charge in [-0.15, -0.1) is 11.3 Å². The van der Waals surface area contributed by atoms with Crippen molar-refractivity contribution in [3.63, 3.8) is 0 Å². The fraction of sp³-hybridized carbons (Fsp3) is 0.500. The van der Waals surface area contributed by atoms with Crippen LogP contribution in [0, 0.1) is 6.92 Å². The molecule has 1 aliphatic rings. The lowest BCUT2D eigenvalue weighted by molar-refractivity contribution is 0.132. The maximum absolute atomic E-state index is 6.04. The number of hydrogen-bond donors (Lipinski definition) is 2. The zero-order chi connectivity index (χ0) is 19.3. The fourth-order valence-corrected chi connectivity index (χ4v) is 3.73. The van der Waals surface area contributed by atoms with Crippen LogP contribution in [0.4, 0.5) is 0 Å². The summed E-state index contributed by atoms with van der Waals surface area (Å²) in [6.07, 6.45) is 1.79. The third kappa shape index (κ3) is 5.35. The van der Waals surface area contributed by atoms with Gasteiger partial charge >= 0.3 is 0 Å². The van der Waals surface area contributed by atoms with Crippen molar-refractivity contribution in [2.24, 2.45) is 4.99 Å². The van der Waals surface area contributed by atoms with Crippen molar-refractivity contribution in [2.75, 3.05) is 26.7 Å². The van der Waals surface area contributed by atoms with Crippen LogP contribution in [0.2, 0.25) is 0 Å². The molecule has 27 heavy (non-hydrogen) atoms. The Labute approximate surface area is 165 Å². The molecule has 0 atom stereocenters. The number of aliphatic imine (C=N–C) groups is 1. The molecule has 0 spiro atoms. The van der Waals surface area contributed by atoms with Gasteiger partial charge < -0.3 is 20.1 Å². The highest BCUT2D eigenvalue weighted by Gasteiger charge is 2.32. The van der Waals surface area contributed by atoms with Crippen molar-refractivity contribution in [1.29, 1.82) is 0 Å². The highest BCUT2D eigenvalue weighted by molar-refractivity contribution is 7.09. The van der Waals surface area contributed by atoms with Crippen LogP contribution in [0.25, 0.3) is 0 Å². The lowest BCUT2D eigenvalue weighted by Gasteiger charge is -2.18. The predicted molar refractivity (Wildman–Crippen MR) is 110 cm³/mol. The number of ether oxygens (including phenoxy) is 2. The van der Waals surface area contributed by atoms with Gasteiger partial charge in [0.15, 0.2) is 17.5 Å². The van der Waals surface area contributed by atoms with Gasteiger partial charge in [-0.05, 0) is 26.8 Å². The van der Waals surface area contributed by atoms with E-state index in [0.29, 0.717) is 13.2 Å². The van der Waals surface area contributed by atoms with E-state index in [0.717, 1.165) is 47.5 Å². The predicted octanol–water partition coefficient (Wildman–Crippen LogP) is 2.95. The van der Waals surface area contributed by atoms with Crippen LogP contribution in [-0.2, 0) is 12.8 Å². The standard InChI is InChI=1S/C20H28N4O2S/c1-14-24-16(13-27-14)8-9-22-19(21-4)23-10-11-25-17-7-5-6-15-12-20(2,3)26-18(15)17/h5-7,13H,8-12H2,1-4H3,(H2,21,22,23). The van der Waals surface area contributed by atoms with Crippen molar-refractivity contribution in [2.45, 2.75) is 39.2 Å². The summed E-state index contributed by atoms with van der Waals surface area (Å²) in [6, 6.07) is 6.08. The number of aryl methyl sites for hydroxylation is 1. The molecule has 1 aromatic carbocycles. The lowest BCUT2D eigenvalue weighted by atomic mass is 10.0. The molecule has 1 aromatic heterocycles. The normalized spacial score (nSPS) is 15.2. The number of benzene rings is 1. The monoisotopic (exact) mass is 388 g/mol. The summed E-state index contributed by atoms with van der Waals surface area (Å²) >= 11 is 1.68. The number of guanidine groups is 1. The van der Waals surface area contributed by atoms with E-state index in [9.17, 15) is 0 Å². The molecule has 6 nitrogen and oxygen atoms in total. The van der Waals surface area contributed by atoms with Gasteiger partial charge in [0.05, 0.1) is 17.2 Å². The highest BCUT2D eigenvalue weighted by atomic mass is 32.1. The molecule has 0 amide bonds. The van der Waals surface area contributed by atoms with Gasteiger partial charge in [0.2, 0.25) is 0 Å². The molecular weight excluding hydrogens is 360 g/mol. The van der Waals surface area contributed by atoms with Crippen LogP contribution in [0.1, 0.15) is 30.1 Å². The zero-order valence-corrected chi connectivity index (χ0v) is 17.3. The summed E-state index contributed by atoms with van der Waals surface area (Å²) in [6.45, 7) is 8.20. The average Bonchev–Trinajstić information content (AvgIpc) is 3.18. The maximum atomic E-state index is 6.04. The van der Waals surface area contributed by atoms with Gasteiger partial charge in [-0.25, -0.2) is 4.98 Å². The van der Waals surface area contributed by atoms with Gasteiger partial charge in [0.25, 0.3) is 0 Å². The molecule has 2 heterocycles. The summed E-state index contributed by atoms with van der Waals surface area (Å²) in [5, 5.41) is 9.77. The number of thiazole rings is 1. The molecule has 2 N–H and O–H groups in total. The summed E-state index contributed by atoms with van der Waals surface area (Å²) in [5.74, 6) is 2.45. The minimum absolute atomic E-state index is 0.165. The first kappa shape index (κ1) is 19.5. The molecule has 0 radical (unpaired) electrons. The van der Waals surface area contributed by atoms with Gasteiger partial charge in [0.1, 0.15) is 12.2 Å². The van der Waals surface area contributed by atoms with Gasteiger partial charge in [-0.2, -0.15) is 0 Å². The summed E-state index contributed by atoms with van der Waals surface area (Å²) in [4.78, 5) is 8.71. The maximum Gasteiger partial charge on any atom is 0.191 e. The van der Waals surface area contributed by atoms with E-state index in [4.69, 9.17) is 9.47 Å².